The molecule has 0 aliphatic heterocycles. The van der Waals surface area contributed by atoms with Gasteiger partial charge in [-0.05, 0) is 19.1 Å². The molecule has 6 heteroatoms. The second-order valence-electron chi connectivity index (χ2n) is 2.24. The highest BCUT2D eigenvalue weighted by Gasteiger charge is 1.83. The zero-order chi connectivity index (χ0) is 12.9. The number of nitrogens with two attached hydrogens (primary N) is 2. The van der Waals surface area contributed by atoms with Crippen LogP contribution in [0.2, 0.25) is 0 Å². The van der Waals surface area contributed by atoms with Crippen molar-refractivity contribution in [2.75, 3.05) is 6.61 Å². The lowest BCUT2D eigenvalue weighted by molar-refractivity contribution is -0.114. The monoisotopic (exact) mass is 218 g/mol. The molecule has 1 unspecified atom stereocenters. The molecular weight excluding hydrogens is 200 g/mol. The Kier molecular flexibility index (Phi) is 18.8. The molecule has 0 saturated carbocycles. The summed E-state index contributed by atoms with van der Waals surface area (Å²) in [5, 5.41) is 16.0. The summed E-state index contributed by atoms with van der Waals surface area (Å²) in [5.74, 6) is -0.963. The van der Waals surface area contributed by atoms with Crippen molar-refractivity contribution in [3.63, 3.8) is 0 Å². The largest absolute Gasteiger partial charge is 0.394 e. The normalized spacial score (nSPS) is 9.27. The first-order valence-corrected chi connectivity index (χ1v) is 3.94. The van der Waals surface area contributed by atoms with Crippen LogP contribution in [0.5, 0.6) is 0 Å². The van der Waals surface area contributed by atoms with E-state index in [4.69, 9.17) is 10.2 Å². The first kappa shape index (κ1) is 19.0. The number of aliphatic hydroxyl groups excluding tert-OH is 2. The van der Waals surface area contributed by atoms with Crippen LogP contribution in [0.1, 0.15) is 6.92 Å². The maximum atomic E-state index is 9.47. The van der Waals surface area contributed by atoms with Gasteiger partial charge in [0, 0.05) is 0 Å². The van der Waals surface area contributed by atoms with E-state index < -0.39 is 17.9 Å². The van der Waals surface area contributed by atoms with Crippen LogP contribution in [0.3, 0.4) is 0 Å². The maximum absolute atomic E-state index is 9.47. The number of primary amides is 2. The average Bonchev–Trinajstić information content (AvgIpc) is 2.19. The average molecular weight is 218 g/mol. The molecule has 6 nitrogen and oxygen atoms in total. The predicted molar refractivity (Wildman–Crippen MR) is 57.5 cm³/mol. The lowest BCUT2D eigenvalue weighted by Gasteiger charge is -1.90. The Balaban J connectivity index is -0.000000144. The van der Waals surface area contributed by atoms with E-state index in [-0.39, 0.29) is 6.61 Å². The third-order valence-electron chi connectivity index (χ3n) is 0.667. The number of hydrogen-bond donors (Lipinski definition) is 4. The van der Waals surface area contributed by atoms with Crippen molar-refractivity contribution >= 4 is 11.8 Å². The van der Waals surface area contributed by atoms with Crippen molar-refractivity contribution in [3.8, 4) is 0 Å². The third kappa shape index (κ3) is 70.0. The summed E-state index contributed by atoms with van der Waals surface area (Å²) in [4.78, 5) is 18.9. The molecule has 88 valence electrons. The molecule has 0 rings (SSSR count). The van der Waals surface area contributed by atoms with Crippen LogP contribution >= 0.6 is 0 Å². The smallest absolute Gasteiger partial charge is 0.240 e. The highest BCUT2D eigenvalue weighted by Crippen LogP contribution is 1.68. The molecule has 0 aliphatic rings. The van der Waals surface area contributed by atoms with Gasteiger partial charge in [-0.2, -0.15) is 0 Å². The molecule has 0 aromatic rings. The zero-order valence-corrected chi connectivity index (χ0v) is 8.72. The number of hydrogen-bond acceptors (Lipinski definition) is 4. The number of carbonyl (C=O) groups excluding carboxylic acids is 2. The highest BCUT2D eigenvalue weighted by atomic mass is 16.3. The summed E-state index contributed by atoms with van der Waals surface area (Å²) in [6, 6.07) is 0. The molecule has 0 aromatic heterocycles. The fourth-order valence-electron chi connectivity index (χ4n) is 0. The molecule has 0 fully saturated rings. The molecule has 2 amide bonds. The van der Waals surface area contributed by atoms with Gasteiger partial charge in [0.2, 0.25) is 11.8 Å². The summed E-state index contributed by atoms with van der Waals surface area (Å²) < 4.78 is 0. The molecule has 0 spiro atoms. The summed E-state index contributed by atoms with van der Waals surface area (Å²) >= 11 is 0. The van der Waals surface area contributed by atoms with E-state index >= 15 is 0 Å². The standard InChI is InChI=1S/2C3H5NO.C3H8O2/c2*1-2-3(4)5;1-3(5)2-4/h2*2H,1H2,(H2,4,5);3-5H,2H2,1H3. The summed E-state index contributed by atoms with van der Waals surface area (Å²) in [6.45, 7) is 7.56. The quantitative estimate of drug-likeness (QED) is 0.438. The van der Waals surface area contributed by atoms with E-state index in [2.05, 4.69) is 24.6 Å². The van der Waals surface area contributed by atoms with Gasteiger partial charge in [-0.25, -0.2) is 0 Å². The SMILES string of the molecule is C=CC(N)=O.C=CC(N)=O.CC(O)CO. The summed E-state index contributed by atoms with van der Waals surface area (Å²) in [7, 11) is 0. The van der Waals surface area contributed by atoms with Crippen molar-refractivity contribution in [3.05, 3.63) is 25.3 Å². The van der Waals surface area contributed by atoms with Gasteiger partial charge < -0.3 is 21.7 Å². The lowest BCUT2D eigenvalue weighted by Crippen LogP contribution is -2.04. The molecule has 0 bridgehead atoms. The minimum atomic E-state index is -0.560. The molecule has 0 radical (unpaired) electrons. The van der Waals surface area contributed by atoms with Crippen molar-refractivity contribution in [1.82, 2.24) is 0 Å². The lowest BCUT2D eigenvalue weighted by atomic mass is 10.5. The van der Waals surface area contributed by atoms with Gasteiger partial charge in [0.1, 0.15) is 0 Å². The van der Waals surface area contributed by atoms with Crippen molar-refractivity contribution in [2.24, 2.45) is 11.5 Å². The fourth-order valence-corrected chi connectivity index (χ4v) is 0. The van der Waals surface area contributed by atoms with Crippen LogP contribution in [-0.2, 0) is 9.59 Å². The van der Waals surface area contributed by atoms with Crippen molar-refractivity contribution in [2.45, 2.75) is 13.0 Å². The van der Waals surface area contributed by atoms with Crippen LogP contribution in [0.25, 0.3) is 0 Å². The fraction of sp³-hybridized carbons (Fsp3) is 0.333. The van der Waals surface area contributed by atoms with Crippen LogP contribution < -0.4 is 11.5 Å². The van der Waals surface area contributed by atoms with Gasteiger partial charge >= 0.3 is 0 Å². The van der Waals surface area contributed by atoms with Crippen LogP contribution in [0, 0.1) is 0 Å². The van der Waals surface area contributed by atoms with Crippen LogP contribution in [0.15, 0.2) is 25.3 Å². The summed E-state index contributed by atoms with van der Waals surface area (Å²) in [6.07, 6.45) is 1.55. The Morgan fingerprint density at radius 1 is 1.27 bits per heavy atom. The Labute approximate surface area is 88.9 Å². The van der Waals surface area contributed by atoms with E-state index in [0.717, 1.165) is 12.2 Å². The van der Waals surface area contributed by atoms with Gasteiger partial charge in [0.15, 0.2) is 0 Å². The van der Waals surface area contributed by atoms with E-state index in [0.29, 0.717) is 0 Å². The molecular formula is C9H18N2O4. The van der Waals surface area contributed by atoms with E-state index in [1.807, 2.05) is 0 Å². The van der Waals surface area contributed by atoms with Crippen molar-refractivity contribution in [1.29, 1.82) is 0 Å². The second kappa shape index (κ2) is 14.8. The highest BCUT2D eigenvalue weighted by molar-refractivity contribution is 5.85. The minimum Gasteiger partial charge on any atom is -0.394 e. The van der Waals surface area contributed by atoms with Crippen LogP contribution in [0.4, 0.5) is 0 Å². The van der Waals surface area contributed by atoms with E-state index in [1.54, 1.807) is 0 Å². The number of rotatable bonds is 3. The first-order chi connectivity index (χ1) is 6.81. The van der Waals surface area contributed by atoms with Gasteiger partial charge in [0.25, 0.3) is 0 Å². The predicted octanol–water partition coefficient (Wildman–Crippen LogP) is -1.33. The molecule has 0 aromatic carbocycles. The van der Waals surface area contributed by atoms with E-state index in [9.17, 15) is 9.59 Å². The van der Waals surface area contributed by atoms with Gasteiger partial charge in [-0.1, -0.05) is 13.2 Å². The molecule has 0 aliphatic carbocycles. The topological polar surface area (TPSA) is 127 Å². The Morgan fingerprint density at radius 3 is 1.40 bits per heavy atom. The molecule has 1 atom stereocenters. The van der Waals surface area contributed by atoms with Gasteiger partial charge in [-0.3, -0.25) is 9.59 Å². The maximum Gasteiger partial charge on any atom is 0.240 e. The van der Waals surface area contributed by atoms with Gasteiger partial charge in [-0.15, -0.1) is 0 Å². The molecule has 0 saturated heterocycles. The Hall–Kier alpha value is -1.66. The third-order valence-corrected chi connectivity index (χ3v) is 0.667. The zero-order valence-electron chi connectivity index (χ0n) is 8.72. The van der Waals surface area contributed by atoms with Gasteiger partial charge in [0.05, 0.1) is 12.7 Å². The number of amides is 2. The molecule has 15 heavy (non-hydrogen) atoms. The Bertz CT molecular complexity index is 184. The first-order valence-electron chi connectivity index (χ1n) is 3.94. The molecule has 0 heterocycles. The Morgan fingerprint density at radius 2 is 1.40 bits per heavy atom. The number of carbonyl (C=O) groups is 2. The minimum absolute atomic E-state index is 0.139. The second-order valence-corrected chi connectivity index (χ2v) is 2.24. The summed E-state index contributed by atoms with van der Waals surface area (Å²) in [5.41, 5.74) is 9.07. The van der Waals surface area contributed by atoms with Crippen LogP contribution in [-0.4, -0.2) is 34.7 Å². The number of aliphatic hydroxyl groups is 2. The molecule has 6 N–H and O–H groups in total. The van der Waals surface area contributed by atoms with Crippen molar-refractivity contribution < 1.29 is 19.8 Å². The van der Waals surface area contributed by atoms with E-state index in [1.165, 1.54) is 6.92 Å².